The number of benzene rings is 1. The number of nitrogens with zero attached hydrogens (tertiary/aromatic N) is 2. The van der Waals surface area contributed by atoms with Crippen molar-refractivity contribution in [2.45, 2.75) is 32.8 Å². The zero-order valence-electron chi connectivity index (χ0n) is 11.4. The Labute approximate surface area is 112 Å². The second-order valence-corrected chi connectivity index (χ2v) is 4.58. The highest BCUT2D eigenvalue weighted by molar-refractivity contribution is 5.58. The summed E-state index contributed by atoms with van der Waals surface area (Å²) < 4.78 is 10.4. The van der Waals surface area contributed by atoms with E-state index in [1.165, 1.54) is 0 Å². The fourth-order valence-electron chi connectivity index (χ4n) is 1.82. The summed E-state index contributed by atoms with van der Waals surface area (Å²) in [6.45, 7) is 3.71. The molecule has 1 heterocycles. The van der Waals surface area contributed by atoms with Crippen molar-refractivity contribution in [3.8, 4) is 17.1 Å². The molecule has 2 rings (SSSR count). The van der Waals surface area contributed by atoms with Crippen LogP contribution in [0, 0.1) is 6.92 Å². The third kappa shape index (κ3) is 3.32. The highest BCUT2D eigenvalue weighted by atomic mass is 16.5. The van der Waals surface area contributed by atoms with Gasteiger partial charge in [0, 0.05) is 12.0 Å². The molecular formula is C14H18N2O3. The number of aryl methyl sites for hydroxylation is 2. The summed E-state index contributed by atoms with van der Waals surface area (Å²) in [5.74, 6) is 1.94. The minimum Gasteiger partial charge on any atom is -0.496 e. The number of aliphatic hydroxyl groups excluding tert-OH is 1. The molecule has 0 amide bonds. The quantitative estimate of drug-likeness (QED) is 0.895. The lowest BCUT2D eigenvalue weighted by atomic mass is 10.1. The van der Waals surface area contributed by atoms with Crippen molar-refractivity contribution in [1.29, 1.82) is 0 Å². The largest absolute Gasteiger partial charge is 0.496 e. The molecule has 19 heavy (non-hydrogen) atoms. The Morgan fingerprint density at radius 1 is 1.42 bits per heavy atom. The molecule has 0 aliphatic rings. The van der Waals surface area contributed by atoms with Gasteiger partial charge < -0.3 is 14.4 Å². The molecule has 5 heteroatoms. The van der Waals surface area contributed by atoms with E-state index in [2.05, 4.69) is 10.1 Å². The lowest BCUT2D eigenvalue weighted by Crippen LogP contribution is -2.01. The van der Waals surface area contributed by atoms with Gasteiger partial charge >= 0.3 is 0 Å². The molecule has 0 radical (unpaired) electrons. The number of hydrogen-bond acceptors (Lipinski definition) is 5. The molecule has 1 atom stereocenters. The van der Waals surface area contributed by atoms with Crippen LogP contribution in [0.1, 0.15) is 24.8 Å². The van der Waals surface area contributed by atoms with Crippen LogP contribution < -0.4 is 4.74 Å². The molecule has 1 unspecified atom stereocenters. The van der Waals surface area contributed by atoms with Crippen LogP contribution in [0.3, 0.4) is 0 Å². The molecule has 102 valence electrons. The van der Waals surface area contributed by atoms with Gasteiger partial charge in [0.2, 0.25) is 11.7 Å². The summed E-state index contributed by atoms with van der Waals surface area (Å²) in [5, 5.41) is 13.2. The Balaban J connectivity index is 2.16. The van der Waals surface area contributed by atoms with Crippen LogP contribution in [0.15, 0.2) is 22.7 Å². The van der Waals surface area contributed by atoms with E-state index in [9.17, 15) is 5.11 Å². The van der Waals surface area contributed by atoms with Gasteiger partial charge in [-0.05, 0) is 44.0 Å². The smallest absolute Gasteiger partial charge is 0.227 e. The van der Waals surface area contributed by atoms with Gasteiger partial charge in [-0.15, -0.1) is 0 Å². The molecule has 0 spiro atoms. The molecule has 5 nitrogen and oxygen atoms in total. The zero-order chi connectivity index (χ0) is 13.8. The highest BCUT2D eigenvalue weighted by Crippen LogP contribution is 2.24. The van der Waals surface area contributed by atoms with Gasteiger partial charge in [0.25, 0.3) is 0 Å². The van der Waals surface area contributed by atoms with Crippen molar-refractivity contribution >= 4 is 0 Å². The van der Waals surface area contributed by atoms with E-state index < -0.39 is 0 Å². The van der Waals surface area contributed by atoms with Gasteiger partial charge in [0.15, 0.2) is 0 Å². The lowest BCUT2D eigenvalue weighted by Gasteiger charge is -2.04. The van der Waals surface area contributed by atoms with Crippen molar-refractivity contribution in [2.75, 3.05) is 7.11 Å². The predicted octanol–water partition coefficient (Wildman–Crippen LogP) is 2.37. The number of methoxy groups -OCH3 is 1. The van der Waals surface area contributed by atoms with E-state index in [4.69, 9.17) is 9.26 Å². The fraction of sp³-hybridized carbons (Fsp3) is 0.429. The molecule has 0 saturated heterocycles. The third-order valence-electron chi connectivity index (χ3n) is 2.90. The molecule has 0 saturated carbocycles. The number of rotatable bonds is 5. The SMILES string of the molecule is COc1ccc(-c2noc(CCC(C)O)n2)cc1C. The van der Waals surface area contributed by atoms with Gasteiger partial charge in [-0.25, -0.2) is 0 Å². The zero-order valence-corrected chi connectivity index (χ0v) is 11.4. The Bertz CT molecular complexity index is 549. The molecule has 2 aromatic rings. The van der Waals surface area contributed by atoms with E-state index in [0.717, 1.165) is 16.9 Å². The van der Waals surface area contributed by atoms with Crippen LogP contribution >= 0.6 is 0 Å². The van der Waals surface area contributed by atoms with Gasteiger partial charge in [-0.1, -0.05) is 5.16 Å². The minimum absolute atomic E-state index is 0.362. The highest BCUT2D eigenvalue weighted by Gasteiger charge is 2.10. The predicted molar refractivity (Wildman–Crippen MR) is 71.0 cm³/mol. The Morgan fingerprint density at radius 2 is 2.21 bits per heavy atom. The van der Waals surface area contributed by atoms with E-state index in [0.29, 0.717) is 24.6 Å². The summed E-state index contributed by atoms with van der Waals surface area (Å²) in [7, 11) is 1.64. The molecule has 0 bridgehead atoms. The standard InChI is InChI=1S/C14H18N2O3/c1-9-8-11(5-6-12(9)18-3)14-15-13(19-16-14)7-4-10(2)17/h5-6,8,10,17H,4,7H2,1-3H3. The van der Waals surface area contributed by atoms with E-state index in [1.54, 1.807) is 14.0 Å². The molecule has 0 aliphatic carbocycles. The Kier molecular flexibility index (Phi) is 4.16. The fourth-order valence-corrected chi connectivity index (χ4v) is 1.82. The Hall–Kier alpha value is -1.88. The van der Waals surface area contributed by atoms with E-state index in [1.807, 2.05) is 25.1 Å². The lowest BCUT2D eigenvalue weighted by molar-refractivity contribution is 0.180. The molecule has 0 fully saturated rings. The maximum absolute atomic E-state index is 9.23. The first-order valence-electron chi connectivity index (χ1n) is 6.26. The van der Waals surface area contributed by atoms with Crippen LogP contribution in [0.4, 0.5) is 0 Å². The van der Waals surface area contributed by atoms with E-state index in [-0.39, 0.29) is 6.10 Å². The maximum atomic E-state index is 9.23. The Morgan fingerprint density at radius 3 is 2.84 bits per heavy atom. The first-order valence-corrected chi connectivity index (χ1v) is 6.26. The summed E-state index contributed by atoms with van der Waals surface area (Å²) in [6.07, 6.45) is 0.835. The maximum Gasteiger partial charge on any atom is 0.227 e. The molecule has 0 aliphatic heterocycles. The molecule has 1 aromatic heterocycles. The van der Waals surface area contributed by atoms with E-state index >= 15 is 0 Å². The van der Waals surface area contributed by atoms with Gasteiger partial charge in [-0.2, -0.15) is 4.98 Å². The summed E-state index contributed by atoms with van der Waals surface area (Å²) >= 11 is 0. The first-order chi connectivity index (χ1) is 9.10. The van der Waals surface area contributed by atoms with Gasteiger partial charge in [-0.3, -0.25) is 0 Å². The third-order valence-corrected chi connectivity index (χ3v) is 2.90. The molecule has 1 aromatic carbocycles. The number of ether oxygens (including phenoxy) is 1. The average molecular weight is 262 g/mol. The van der Waals surface area contributed by atoms with Crippen molar-refractivity contribution < 1.29 is 14.4 Å². The summed E-state index contributed by atoms with van der Waals surface area (Å²) in [5.41, 5.74) is 1.92. The summed E-state index contributed by atoms with van der Waals surface area (Å²) in [6, 6.07) is 5.74. The molecule has 1 N–H and O–H groups in total. The molecular weight excluding hydrogens is 244 g/mol. The van der Waals surface area contributed by atoms with Crippen molar-refractivity contribution in [1.82, 2.24) is 10.1 Å². The number of hydrogen-bond donors (Lipinski definition) is 1. The van der Waals surface area contributed by atoms with Gasteiger partial charge in [0.05, 0.1) is 13.2 Å². The second-order valence-electron chi connectivity index (χ2n) is 4.58. The summed E-state index contributed by atoms with van der Waals surface area (Å²) in [4.78, 5) is 4.32. The minimum atomic E-state index is -0.362. The van der Waals surface area contributed by atoms with Crippen molar-refractivity contribution in [2.24, 2.45) is 0 Å². The number of aliphatic hydroxyl groups is 1. The van der Waals surface area contributed by atoms with Crippen LogP contribution in [0.2, 0.25) is 0 Å². The normalized spacial score (nSPS) is 12.4. The topological polar surface area (TPSA) is 68.4 Å². The van der Waals surface area contributed by atoms with Crippen LogP contribution in [-0.4, -0.2) is 28.5 Å². The van der Waals surface area contributed by atoms with Crippen LogP contribution in [0.25, 0.3) is 11.4 Å². The average Bonchev–Trinajstić information content (AvgIpc) is 2.85. The first kappa shape index (κ1) is 13.5. The van der Waals surface area contributed by atoms with Crippen LogP contribution in [-0.2, 0) is 6.42 Å². The number of aromatic nitrogens is 2. The van der Waals surface area contributed by atoms with Crippen LogP contribution in [0.5, 0.6) is 5.75 Å². The van der Waals surface area contributed by atoms with Gasteiger partial charge in [0.1, 0.15) is 5.75 Å². The monoisotopic (exact) mass is 262 g/mol. The van der Waals surface area contributed by atoms with Crippen molar-refractivity contribution in [3.63, 3.8) is 0 Å². The van der Waals surface area contributed by atoms with Crippen molar-refractivity contribution in [3.05, 3.63) is 29.7 Å². The second kappa shape index (κ2) is 5.84.